The topological polar surface area (TPSA) is 36.8 Å². The molecule has 2 nitrogen and oxygen atoms in total. The molecule has 0 spiro atoms. The molecule has 0 heterocycles. The summed E-state index contributed by atoms with van der Waals surface area (Å²) in [6.45, 7) is 5.07. The first-order chi connectivity index (χ1) is 5.68. The van der Waals surface area contributed by atoms with Crippen molar-refractivity contribution in [3.8, 4) is 0 Å². The Balaban J connectivity index is 2.14. The zero-order chi connectivity index (χ0) is 8.97. The predicted molar refractivity (Wildman–Crippen MR) is 49.9 cm³/mol. The van der Waals surface area contributed by atoms with Gasteiger partial charge in [0.25, 0.3) is 0 Å². The van der Waals surface area contributed by atoms with Gasteiger partial charge in [0.1, 0.15) is 6.54 Å². The largest absolute Gasteiger partial charge is 0.388 e. The summed E-state index contributed by atoms with van der Waals surface area (Å²) in [6, 6.07) is 0.781. The maximum atomic E-state index is 9.12. The highest BCUT2D eigenvalue weighted by molar-refractivity contribution is 4.68. The molecule has 1 aliphatic carbocycles. The molecule has 0 unspecified atom stereocenters. The first kappa shape index (κ1) is 10.0. The second-order valence-electron chi connectivity index (χ2n) is 4.35. The molecule has 0 amide bonds. The number of aliphatic hydroxyl groups excluding tert-OH is 1. The summed E-state index contributed by atoms with van der Waals surface area (Å²) >= 11 is 0. The molecule has 1 fully saturated rings. The summed E-state index contributed by atoms with van der Waals surface area (Å²) in [5, 5.41) is 11.4. The van der Waals surface area contributed by atoms with Crippen molar-refractivity contribution in [1.82, 2.24) is 0 Å². The van der Waals surface area contributed by atoms with Crippen LogP contribution in [0.5, 0.6) is 0 Å². The highest BCUT2D eigenvalue weighted by atomic mass is 16.3. The molecule has 0 aliphatic heterocycles. The second-order valence-corrected chi connectivity index (χ2v) is 4.35. The van der Waals surface area contributed by atoms with Gasteiger partial charge in [-0.25, -0.2) is 0 Å². The van der Waals surface area contributed by atoms with Crippen LogP contribution in [-0.2, 0) is 0 Å². The van der Waals surface area contributed by atoms with Gasteiger partial charge in [-0.15, -0.1) is 0 Å². The minimum absolute atomic E-state index is 0.151. The Morgan fingerprint density at radius 2 is 2.25 bits per heavy atom. The molecule has 2 heteroatoms. The molecule has 1 aliphatic rings. The molecule has 0 aromatic rings. The van der Waals surface area contributed by atoms with Gasteiger partial charge in [0.05, 0.1) is 12.1 Å². The van der Waals surface area contributed by atoms with Crippen molar-refractivity contribution < 1.29 is 10.4 Å². The minimum Gasteiger partial charge on any atom is -0.388 e. The first-order valence-corrected chi connectivity index (χ1v) is 5.20. The monoisotopic (exact) mass is 172 g/mol. The van der Waals surface area contributed by atoms with Gasteiger partial charge >= 0.3 is 0 Å². The Bertz CT molecular complexity index is 125. The SMILES string of the molecule is C[C@@H]1CCC[C@H]([NH2+]C[C@@H](C)O)C1. The Hall–Kier alpha value is -0.0800. The lowest BCUT2D eigenvalue weighted by Gasteiger charge is -2.25. The standard InChI is InChI=1S/C10H21NO/c1-8-4-3-5-10(6-8)11-7-9(2)12/h8-12H,3-7H2,1-2H3/p+1/t8-,9-,10+/m1/s1. The molecular weight excluding hydrogens is 150 g/mol. The lowest BCUT2D eigenvalue weighted by molar-refractivity contribution is -0.697. The van der Waals surface area contributed by atoms with E-state index in [1.807, 2.05) is 6.92 Å². The van der Waals surface area contributed by atoms with Crippen molar-refractivity contribution in [3.05, 3.63) is 0 Å². The number of hydrogen-bond acceptors (Lipinski definition) is 1. The quantitative estimate of drug-likeness (QED) is 0.639. The summed E-state index contributed by atoms with van der Waals surface area (Å²) in [6.07, 6.45) is 5.31. The Morgan fingerprint density at radius 1 is 1.50 bits per heavy atom. The van der Waals surface area contributed by atoms with Crippen molar-refractivity contribution in [1.29, 1.82) is 0 Å². The molecule has 3 N–H and O–H groups in total. The number of nitrogens with two attached hydrogens (primary N) is 1. The molecule has 0 saturated heterocycles. The molecular formula is C10H22NO+. The van der Waals surface area contributed by atoms with E-state index in [2.05, 4.69) is 12.2 Å². The van der Waals surface area contributed by atoms with Crippen LogP contribution in [0.1, 0.15) is 39.5 Å². The van der Waals surface area contributed by atoms with Crippen LogP contribution in [0.2, 0.25) is 0 Å². The van der Waals surface area contributed by atoms with Gasteiger partial charge in [-0.1, -0.05) is 13.3 Å². The van der Waals surface area contributed by atoms with Gasteiger partial charge < -0.3 is 10.4 Å². The number of quaternary nitrogens is 1. The average molecular weight is 172 g/mol. The van der Waals surface area contributed by atoms with Crippen LogP contribution in [0.15, 0.2) is 0 Å². The molecule has 0 bridgehead atoms. The minimum atomic E-state index is -0.151. The molecule has 1 rings (SSSR count). The van der Waals surface area contributed by atoms with E-state index in [1.54, 1.807) is 0 Å². The summed E-state index contributed by atoms with van der Waals surface area (Å²) < 4.78 is 0. The molecule has 0 aromatic carbocycles. The molecule has 1 saturated carbocycles. The van der Waals surface area contributed by atoms with E-state index in [1.165, 1.54) is 25.7 Å². The maximum absolute atomic E-state index is 9.12. The summed E-state index contributed by atoms with van der Waals surface area (Å²) in [4.78, 5) is 0. The highest BCUT2D eigenvalue weighted by Gasteiger charge is 2.21. The predicted octanol–water partition coefficient (Wildman–Crippen LogP) is 0.509. The number of rotatable bonds is 3. The van der Waals surface area contributed by atoms with Crippen LogP contribution in [0, 0.1) is 5.92 Å². The fraction of sp³-hybridized carbons (Fsp3) is 1.00. The Kier molecular flexibility index (Phi) is 4.02. The Morgan fingerprint density at radius 3 is 2.83 bits per heavy atom. The van der Waals surface area contributed by atoms with E-state index in [0.717, 1.165) is 18.5 Å². The first-order valence-electron chi connectivity index (χ1n) is 5.20. The van der Waals surface area contributed by atoms with Gasteiger partial charge in [0.15, 0.2) is 0 Å². The molecule has 72 valence electrons. The zero-order valence-electron chi connectivity index (χ0n) is 8.29. The van der Waals surface area contributed by atoms with Crippen LogP contribution in [0.3, 0.4) is 0 Å². The second kappa shape index (κ2) is 4.83. The molecule has 3 atom stereocenters. The van der Waals surface area contributed by atoms with Gasteiger partial charge in [-0.2, -0.15) is 0 Å². The molecule has 0 radical (unpaired) electrons. The summed E-state index contributed by atoms with van der Waals surface area (Å²) in [7, 11) is 0. The lowest BCUT2D eigenvalue weighted by atomic mass is 9.87. The summed E-state index contributed by atoms with van der Waals surface area (Å²) in [5.41, 5.74) is 0. The molecule has 12 heavy (non-hydrogen) atoms. The van der Waals surface area contributed by atoms with Gasteiger partial charge in [0.2, 0.25) is 0 Å². The van der Waals surface area contributed by atoms with Gasteiger partial charge in [0, 0.05) is 6.42 Å². The van der Waals surface area contributed by atoms with E-state index in [0.29, 0.717) is 0 Å². The van der Waals surface area contributed by atoms with E-state index in [4.69, 9.17) is 5.11 Å². The van der Waals surface area contributed by atoms with Crippen molar-refractivity contribution in [3.63, 3.8) is 0 Å². The average Bonchev–Trinajstić information content (AvgIpc) is 2.01. The van der Waals surface area contributed by atoms with Crippen molar-refractivity contribution >= 4 is 0 Å². The smallest absolute Gasteiger partial charge is 0.102 e. The van der Waals surface area contributed by atoms with Crippen LogP contribution >= 0.6 is 0 Å². The normalized spacial score (nSPS) is 33.2. The van der Waals surface area contributed by atoms with E-state index in [-0.39, 0.29) is 6.10 Å². The van der Waals surface area contributed by atoms with Gasteiger partial charge in [-0.3, -0.25) is 0 Å². The van der Waals surface area contributed by atoms with E-state index >= 15 is 0 Å². The third kappa shape index (κ3) is 3.55. The van der Waals surface area contributed by atoms with Crippen LogP contribution < -0.4 is 5.32 Å². The third-order valence-corrected chi connectivity index (χ3v) is 2.79. The maximum Gasteiger partial charge on any atom is 0.102 e. The van der Waals surface area contributed by atoms with Crippen molar-refractivity contribution in [2.45, 2.75) is 51.7 Å². The van der Waals surface area contributed by atoms with Crippen molar-refractivity contribution in [2.24, 2.45) is 5.92 Å². The highest BCUT2D eigenvalue weighted by Crippen LogP contribution is 2.21. The third-order valence-electron chi connectivity index (χ3n) is 2.79. The fourth-order valence-corrected chi connectivity index (χ4v) is 2.08. The number of hydrogen-bond donors (Lipinski definition) is 2. The van der Waals surface area contributed by atoms with Crippen LogP contribution in [-0.4, -0.2) is 23.8 Å². The van der Waals surface area contributed by atoms with E-state index in [9.17, 15) is 0 Å². The van der Waals surface area contributed by atoms with E-state index < -0.39 is 0 Å². The fourth-order valence-electron chi connectivity index (χ4n) is 2.08. The van der Waals surface area contributed by atoms with Crippen molar-refractivity contribution in [2.75, 3.05) is 6.54 Å². The zero-order valence-corrected chi connectivity index (χ0v) is 8.29. The van der Waals surface area contributed by atoms with Crippen LogP contribution in [0.25, 0.3) is 0 Å². The molecule has 0 aromatic heterocycles. The lowest BCUT2D eigenvalue weighted by Crippen LogP contribution is -2.92. The summed E-state index contributed by atoms with van der Waals surface area (Å²) in [5.74, 6) is 0.897. The Labute approximate surface area is 75.4 Å². The van der Waals surface area contributed by atoms with Gasteiger partial charge in [-0.05, 0) is 25.7 Å². The van der Waals surface area contributed by atoms with Crippen LogP contribution in [0.4, 0.5) is 0 Å². The number of aliphatic hydroxyl groups is 1.